The molecule has 7 heteroatoms. The van der Waals surface area contributed by atoms with Crippen LogP contribution in [0.2, 0.25) is 0 Å². The van der Waals surface area contributed by atoms with Crippen molar-refractivity contribution in [3.8, 4) is 0 Å². The summed E-state index contributed by atoms with van der Waals surface area (Å²) < 4.78 is 38.6. The first-order valence-electron chi connectivity index (χ1n) is 9.29. The Morgan fingerprint density at radius 1 is 1.19 bits per heavy atom. The molecule has 0 radical (unpaired) electrons. The fraction of sp³-hybridized carbons (Fsp3) is 0.632. The lowest BCUT2D eigenvalue weighted by molar-refractivity contribution is -0.137. The Morgan fingerprint density at radius 2 is 1.88 bits per heavy atom. The fourth-order valence-corrected chi connectivity index (χ4v) is 3.12. The summed E-state index contributed by atoms with van der Waals surface area (Å²) in [5.41, 5.74) is -0.0936. The number of nitrogens with one attached hydrogen (secondary N) is 1. The minimum absolute atomic E-state index is 0.0855. The van der Waals surface area contributed by atoms with Gasteiger partial charge in [-0.05, 0) is 31.5 Å². The molecule has 1 heterocycles. The van der Waals surface area contributed by atoms with Crippen LogP contribution < -0.4 is 10.2 Å². The topological polar surface area (TPSA) is 35.6 Å². The van der Waals surface area contributed by atoms with Crippen molar-refractivity contribution in [1.29, 1.82) is 0 Å². The van der Waals surface area contributed by atoms with Gasteiger partial charge in [-0.1, -0.05) is 32.3 Å². The zero-order valence-corrected chi connectivity index (χ0v) is 15.5. The van der Waals surface area contributed by atoms with Crippen molar-refractivity contribution in [3.05, 3.63) is 29.8 Å². The highest BCUT2D eigenvalue weighted by molar-refractivity contribution is 5.74. The number of hydrogen-bond acceptors (Lipinski definition) is 2. The molecule has 1 aliphatic heterocycles. The normalized spacial score (nSPS) is 16.5. The molecule has 1 fully saturated rings. The minimum atomic E-state index is -4.34. The molecule has 0 spiro atoms. The maximum atomic E-state index is 12.9. The highest BCUT2D eigenvalue weighted by Crippen LogP contribution is 2.31. The number of halogens is 3. The van der Waals surface area contributed by atoms with Gasteiger partial charge in [0.05, 0.1) is 5.56 Å². The quantitative estimate of drug-likeness (QED) is 0.747. The summed E-state index contributed by atoms with van der Waals surface area (Å²) in [6, 6.07) is 5.41. The molecule has 1 unspecified atom stereocenters. The molecule has 0 bridgehead atoms. The van der Waals surface area contributed by atoms with E-state index in [0.29, 0.717) is 31.9 Å². The highest BCUT2D eigenvalue weighted by Gasteiger charge is 2.31. The Bertz CT molecular complexity index is 584. The van der Waals surface area contributed by atoms with Crippen LogP contribution in [-0.2, 0) is 6.18 Å². The minimum Gasteiger partial charge on any atom is -0.368 e. The van der Waals surface area contributed by atoms with Gasteiger partial charge in [-0.15, -0.1) is 0 Å². The number of rotatable bonds is 6. The van der Waals surface area contributed by atoms with Crippen molar-refractivity contribution < 1.29 is 18.0 Å². The van der Waals surface area contributed by atoms with E-state index in [1.54, 1.807) is 11.0 Å². The lowest BCUT2D eigenvalue weighted by Gasteiger charge is -2.36. The summed E-state index contributed by atoms with van der Waals surface area (Å²) >= 11 is 0. The number of carbonyl (C=O) groups excluding carboxylic acids is 1. The van der Waals surface area contributed by atoms with Gasteiger partial charge in [-0.25, -0.2) is 4.79 Å². The second-order valence-corrected chi connectivity index (χ2v) is 6.87. The summed E-state index contributed by atoms with van der Waals surface area (Å²) in [4.78, 5) is 15.9. The molecule has 1 N–H and O–H groups in total. The Labute approximate surface area is 153 Å². The molecular weight excluding hydrogens is 343 g/mol. The van der Waals surface area contributed by atoms with Crippen molar-refractivity contribution in [2.24, 2.45) is 0 Å². The van der Waals surface area contributed by atoms with E-state index in [-0.39, 0.29) is 12.1 Å². The third kappa shape index (κ3) is 5.81. The summed E-state index contributed by atoms with van der Waals surface area (Å²) in [6.07, 6.45) is 0.0325. The maximum absolute atomic E-state index is 12.9. The smallest absolute Gasteiger partial charge is 0.368 e. The Morgan fingerprint density at radius 3 is 2.50 bits per heavy atom. The molecular formula is C19H28F3N3O. The second kappa shape index (κ2) is 9.14. The van der Waals surface area contributed by atoms with Crippen LogP contribution in [-0.4, -0.2) is 43.2 Å². The number of urea groups is 1. The predicted octanol–water partition coefficient (Wildman–Crippen LogP) is 4.51. The standard InChI is InChI=1S/C19H28F3N3O/c1-3-4-5-7-15(2)23-18(26)25-12-10-24(11-13-25)17-9-6-8-16(14-17)19(20,21)22/h6,8-9,14-15H,3-5,7,10-13H2,1-2H3,(H,23,26). The van der Waals surface area contributed by atoms with Gasteiger partial charge >= 0.3 is 12.2 Å². The number of carbonyl (C=O) groups is 1. The van der Waals surface area contributed by atoms with Gasteiger partial charge in [0.1, 0.15) is 0 Å². The number of hydrogen-bond donors (Lipinski definition) is 1. The molecule has 1 atom stereocenters. The Balaban J connectivity index is 1.84. The van der Waals surface area contributed by atoms with Crippen LogP contribution >= 0.6 is 0 Å². The SMILES string of the molecule is CCCCCC(C)NC(=O)N1CCN(c2cccc(C(F)(F)F)c2)CC1. The molecule has 2 rings (SSSR count). The van der Waals surface area contributed by atoms with Crippen LogP contribution in [0, 0.1) is 0 Å². The van der Waals surface area contributed by atoms with Crippen LogP contribution in [0.1, 0.15) is 45.1 Å². The van der Waals surface area contributed by atoms with Gasteiger partial charge in [-0.3, -0.25) is 0 Å². The van der Waals surface area contributed by atoms with Gasteiger partial charge in [-0.2, -0.15) is 13.2 Å². The summed E-state index contributed by atoms with van der Waals surface area (Å²) in [7, 11) is 0. The monoisotopic (exact) mass is 371 g/mol. The van der Waals surface area contributed by atoms with Crippen LogP contribution in [0.25, 0.3) is 0 Å². The molecule has 1 aliphatic rings. The molecule has 1 aromatic carbocycles. The van der Waals surface area contributed by atoms with E-state index in [1.165, 1.54) is 12.1 Å². The fourth-order valence-electron chi connectivity index (χ4n) is 3.12. The molecule has 1 aromatic rings. The first kappa shape index (κ1) is 20.4. The first-order chi connectivity index (χ1) is 12.3. The zero-order chi connectivity index (χ0) is 19.2. The van der Waals surface area contributed by atoms with E-state index in [9.17, 15) is 18.0 Å². The van der Waals surface area contributed by atoms with Crippen molar-refractivity contribution >= 4 is 11.7 Å². The lowest BCUT2D eigenvalue weighted by atomic mass is 10.1. The molecule has 0 aliphatic carbocycles. The number of unbranched alkanes of at least 4 members (excludes halogenated alkanes) is 2. The summed E-state index contributed by atoms with van der Waals surface area (Å²) in [5, 5.41) is 3.01. The highest BCUT2D eigenvalue weighted by atomic mass is 19.4. The van der Waals surface area contributed by atoms with Crippen molar-refractivity contribution in [1.82, 2.24) is 10.2 Å². The third-order valence-electron chi connectivity index (χ3n) is 4.72. The Kier molecular flexibility index (Phi) is 7.17. The van der Waals surface area contributed by atoms with E-state index in [1.807, 2.05) is 11.8 Å². The van der Waals surface area contributed by atoms with Gasteiger partial charge in [0.2, 0.25) is 0 Å². The van der Waals surface area contributed by atoms with E-state index < -0.39 is 11.7 Å². The molecule has 146 valence electrons. The number of benzene rings is 1. The predicted molar refractivity (Wildman–Crippen MR) is 97.4 cm³/mol. The number of piperazine rings is 1. The largest absolute Gasteiger partial charge is 0.416 e. The van der Waals surface area contributed by atoms with E-state index in [2.05, 4.69) is 12.2 Å². The number of nitrogens with zero attached hydrogens (tertiary/aromatic N) is 2. The molecule has 0 aromatic heterocycles. The summed E-state index contributed by atoms with van der Waals surface area (Å²) in [5.74, 6) is 0. The van der Waals surface area contributed by atoms with E-state index in [4.69, 9.17) is 0 Å². The average molecular weight is 371 g/mol. The van der Waals surface area contributed by atoms with E-state index >= 15 is 0 Å². The van der Waals surface area contributed by atoms with Crippen LogP contribution in [0.5, 0.6) is 0 Å². The Hall–Kier alpha value is -1.92. The molecule has 1 saturated heterocycles. The molecule has 26 heavy (non-hydrogen) atoms. The van der Waals surface area contributed by atoms with Crippen molar-refractivity contribution in [3.63, 3.8) is 0 Å². The molecule has 4 nitrogen and oxygen atoms in total. The van der Waals surface area contributed by atoms with Crippen molar-refractivity contribution in [2.75, 3.05) is 31.1 Å². The molecule has 0 saturated carbocycles. The first-order valence-corrected chi connectivity index (χ1v) is 9.29. The number of amides is 2. The van der Waals surface area contributed by atoms with Gasteiger partial charge in [0.25, 0.3) is 0 Å². The zero-order valence-electron chi connectivity index (χ0n) is 15.5. The van der Waals surface area contributed by atoms with Crippen LogP contribution in [0.3, 0.4) is 0 Å². The second-order valence-electron chi connectivity index (χ2n) is 6.87. The third-order valence-corrected chi connectivity index (χ3v) is 4.72. The van der Waals surface area contributed by atoms with Gasteiger partial charge in [0.15, 0.2) is 0 Å². The number of alkyl halides is 3. The molecule has 2 amide bonds. The number of anilines is 1. The maximum Gasteiger partial charge on any atom is 0.416 e. The van der Waals surface area contributed by atoms with Crippen LogP contribution in [0.4, 0.5) is 23.7 Å². The van der Waals surface area contributed by atoms with Crippen LogP contribution in [0.15, 0.2) is 24.3 Å². The summed E-state index contributed by atoms with van der Waals surface area (Å²) in [6.45, 7) is 6.21. The van der Waals surface area contributed by atoms with Crippen molar-refractivity contribution in [2.45, 2.75) is 51.7 Å². The van der Waals surface area contributed by atoms with Gasteiger partial charge in [0, 0.05) is 37.9 Å². The van der Waals surface area contributed by atoms with E-state index in [0.717, 1.165) is 31.7 Å². The lowest BCUT2D eigenvalue weighted by Crippen LogP contribution is -2.53. The van der Waals surface area contributed by atoms with Gasteiger partial charge < -0.3 is 15.1 Å². The average Bonchev–Trinajstić information content (AvgIpc) is 2.61.